The summed E-state index contributed by atoms with van der Waals surface area (Å²) in [5, 5.41) is 9.42. The molecule has 2 rings (SSSR count). The average Bonchev–Trinajstić information content (AvgIpc) is 2.37. The molecule has 104 valence electrons. The summed E-state index contributed by atoms with van der Waals surface area (Å²) in [5.74, 6) is -1.55. The Morgan fingerprint density at radius 3 is 2.30 bits per heavy atom. The minimum atomic E-state index is -0.779. The number of phenolic OH excluding ortho intramolecular Hbond substituents is 1. The number of halogens is 2. The number of rotatable bonds is 3. The van der Waals surface area contributed by atoms with Gasteiger partial charge in [-0.2, -0.15) is 0 Å². The maximum Gasteiger partial charge on any atom is 0.150 e. The molecule has 0 fully saturated rings. The molecule has 20 heavy (non-hydrogen) atoms. The van der Waals surface area contributed by atoms with Gasteiger partial charge in [-0.15, -0.1) is 0 Å². The molecular weight excluding hydrogens is 282 g/mol. The van der Waals surface area contributed by atoms with Crippen molar-refractivity contribution in [3.05, 3.63) is 53.6 Å². The van der Waals surface area contributed by atoms with Crippen molar-refractivity contribution >= 4 is 28.6 Å². The van der Waals surface area contributed by atoms with Crippen molar-refractivity contribution in [3.8, 4) is 5.75 Å². The zero-order chi connectivity index (χ0) is 14.9. The van der Waals surface area contributed by atoms with E-state index in [0.29, 0.717) is 5.69 Å². The van der Waals surface area contributed by atoms with Gasteiger partial charge in [-0.3, -0.25) is 0 Å². The summed E-state index contributed by atoms with van der Waals surface area (Å²) in [6.45, 7) is 0. The highest BCUT2D eigenvalue weighted by molar-refractivity contribution is 7.80. The number of aromatic hydroxyl groups is 1. The van der Waals surface area contributed by atoms with Gasteiger partial charge in [0.05, 0.1) is 0 Å². The van der Waals surface area contributed by atoms with Crippen LogP contribution in [-0.2, 0) is 0 Å². The molecule has 0 aromatic heterocycles. The van der Waals surface area contributed by atoms with Crippen molar-refractivity contribution in [2.24, 2.45) is 5.73 Å². The summed E-state index contributed by atoms with van der Waals surface area (Å²) in [4.78, 5) is 1.22. The van der Waals surface area contributed by atoms with Crippen LogP contribution >= 0.6 is 12.2 Å². The first-order chi connectivity index (χ1) is 9.40. The molecule has 3 nitrogen and oxygen atoms in total. The zero-order valence-corrected chi connectivity index (χ0v) is 11.4. The van der Waals surface area contributed by atoms with Crippen LogP contribution in [0.3, 0.4) is 0 Å². The average molecular weight is 294 g/mol. The predicted molar refractivity (Wildman–Crippen MR) is 78.4 cm³/mol. The predicted octanol–water partition coefficient (Wildman–Crippen LogP) is 3.07. The summed E-state index contributed by atoms with van der Waals surface area (Å²) >= 11 is 4.70. The Kier molecular flexibility index (Phi) is 3.85. The smallest absolute Gasteiger partial charge is 0.150 e. The first kappa shape index (κ1) is 14.2. The molecule has 6 heteroatoms. The van der Waals surface area contributed by atoms with Crippen LogP contribution in [0.2, 0.25) is 0 Å². The molecule has 0 spiro atoms. The fourth-order valence-corrected chi connectivity index (χ4v) is 1.98. The SMILES string of the molecule is CN(c1cccc(O)c1)c1c(F)cc(C(N)=S)cc1F. The molecular formula is C14H12F2N2OS. The van der Waals surface area contributed by atoms with E-state index in [1.54, 1.807) is 12.1 Å². The molecule has 0 saturated carbocycles. The lowest BCUT2D eigenvalue weighted by atomic mass is 10.1. The topological polar surface area (TPSA) is 49.5 Å². The first-order valence-electron chi connectivity index (χ1n) is 5.71. The van der Waals surface area contributed by atoms with Gasteiger partial charge in [0.25, 0.3) is 0 Å². The van der Waals surface area contributed by atoms with E-state index in [4.69, 9.17) is 18.0 Å². The highest BCUT2D eigenvalue weighted by Crippen LogP contribution is 2.31. The third kappa shape index (κ3) is 2.70. The van der Waals surface area contributed by atoms with E-state index >= 15 is 0 Å². The summed E-state index contributed by atoms with van der Waals surface area (Å²) in [6, 6.07) is 8.25. The Morgan fingerprint density at radius 1 is 1.20 bits per heavy atom. The molecule has 0 heterocycles. The minimum Gasteiger partial charge on any atom is -0.508 e. The van der Waals surface area contributed by atoms with Crippen LogP contribution in [-0.4, -0.2) is 17.1 Å². The number of benzene rings is 2. The number of thiocarbonyl (C=S) groups is 1. The van der Waals surface area contributed by atoms with Crippen molar-refractivity contribution in [2.75, 3.05) is 11.9 Å². The number of nitrogens with two attached hydrogens (primary N) is 1. The Hall–Kier alpha value is -2.21. The molecule has 0 radical (unpaired) electrons. The molecule has 2 aromatic rings. The fourth-order valence-electron chi connectivity index (χ4n) is 1.86. The summed E-state index contributed by atoms with van der Waals surface area (Å²) in [5.41, 5.74) is 5.70. The lowest BCUT2D eigenvalue weighted by molar-refractivity contribution is 0.475. The van der Waals surface area contributed by atoms with Gasteiger partial charge in [0.15, 0.2) is 11.6 Å². The quantitative estimate of drug-likeness (QED) is 0.854. The highest BCUT2D eigenvalue weighted by atomic mass is 32.1. The van der Waals surface area contributed by atoms with Crippen molar-refractivity contribution < 1.29 is 13.9 Å². The Balaban J connectivity index is 2.50. The maximum atomic E-state index is 14.0. The number of anilines is 2. The Morgan fingerprint density at radius 2 is 1.80 bits per heavy atom. The monoisotopic (exact) mass is 294 g/mol. The molecule has 0 aliphatic heterocycles. The third-order valence-electron chi connectivity index (χ3n) is 2.85. The number of phenols is 1. The van der Waals surface area contributed by atoms with Gasteiger partial charge in [0.2, 0.25) is 0 Å². The molecule has 0 amide bonds. The van der Waals surface area contributed by atoms with Gasteiger partial charge in [-0.1, -0.05) is 18.3 Å². The van der Waals surface area contributed by atoms with Crippen LogP contribution < -0.4 is 10.6 Å². The van der Waals surface area contributed by atoms with E-state index in [2.05, 4.69) is 0 Å². The number of hydrogen-bond acceptors (Lipinski definition) is 3. The van der Waals surface area contributed by atoms with Crippen LogP contribution in [0, 0.1) is 11.6 Å². The van der Waals surface area contributed by atoms with E-state index in [1.807, 2.05) is 0 Å². The summed E-state index contributed by atoms with van der Waals surface area (Å²) < 4.78 is 28.1. The van der Waals surface area contributed by atoms with Crippen molar-refractivity contribution in [1.29, 1.82) is 0 Å². The number of nitrogens with zero attached hydrogens (tertiary/aromatic N) is 1. The minimum absolute atomic E-state index is 0.00919. The molecule has 0 unspecified atom stereocenters. The van der Waals surface area contributed by atoms with Gasteiger partial charge < -0.3 is 15.7 Å². The lowest BCUT2D eigenvalue weighted by Gasteiger charge is -2.21. The maximum absolute atomic E-state index is 14.0. The van der Waals surface area contributed by atoms with Crippen molar-refractivity contribution in [2.45, 2.75) is 0 Å². The van der Waals surface area contributed by atoms with Crippen LogP contribution in [0.25, 0.3) is 0 Å². The van der Waals surface area contributed by atoms with Gasteiger partial charge in [0.1, 0.15) is 16.4 Å². The highest BCUT2D eigenvalue weighted by Gasteiger charge is 2.17. The van der Waals surface area contributed by atoms with Crippen LogP contribution in [0.15, 0.2) is 36.4 Å². The van der Waals surface area contributed by atoms with Gasteiger partial charge in [-0.05, 0) is 24.3 Å². The summed E-state index contributed by atoms with van der Waals surface area (Å²) in [7, 11) is 1.50. The van der Waals surface area contributed by atoms with E-state index in [1.165, 1.54) is 24.1 Å². The molecule has 0 aliphatic rings. The second-order valence-corrected chi connectivity index (χ2v) is 4.67. The van der Waals surface area contributed by atoms with Crippen LogP contribution in [0.5, 0.6) is 5.75 Å². The molecule has 2 aromatic carbocycles. The molecule has 0 aliphatic carbocycles. The molecule has 0 bridgehead atoms. The fraction of sp³-hybridized carbons (Fsp3) is 0.0714. The number of hydrogen-bond donors (Lipinski definition) is 2. The second-order valence-electron chi connectivity index (χ2n) is 4.23. The van der Waals surface area contributed by atoms with E-state index < -0.39 is 11.6 Å². The van der Waals surface area contributed by atoms with E-state index in [9.17, 15) is 13.9 Å². The standard InChI is InChI=1S/C14H12F2N2OS/c1-18(9-3-2-4-10(19)7-9)13-11(15)5-8(14(17)20)6-12(13)16/h2-7,19H,1H3,(H2,17,20). The Bertz CT molecular complexity index is 653. The largest absolute Gasteiger partial charge is 0.508 e. The van der Waals surface area contributed by atoms with Gasteiger partial charge >= 0.3 is 0 Å². The first-order valence-corrected chi connectivity index (χ1v) is 6.12. The van der Waals surface area contributed by atoms with Crippen molar-refractivity contribution in [1.82, 2.24) is 0 Å². The second kappa shape index (κ2) is 5.42. The zero-order valence-electron chi connectivity index (χ0n) is 10.6. The summed E-state index contributed by atoms with van der Waals surface area (Å²) in [6.07, 6.45) is 0. The van der Waals surface area contributed by atoms with Gasteiger partial charge in [-0.25, -0.2) is 8.78 Å². The lowest BCUT2D eigenvalue weighted by Crippen LogP contribution is -2.16. The van der Waals surface area contributed by atoms with E-state index in [-0.39, 0.29) is 22.0 Å². The molecule has 3 N–H and O–H groups in total. The van der Waals surface area contributed by atoms with Crippen LogP contribution in [0.1, 0.15) is 5.56 Å². The Labute approximate surface area is 120 Å². The van der Waals surface area contributed by atoms with Crippen molar-refractivity contribution in [3.63, 3.8) is 0 Å². The normalized spacial score (nSPS) is 10.3. The van der Waals surface area contributed by atoms with E-state index in [0.717, 1.165) is 12.1 Å². The van der Waals surface area contributed by atoms with Crippen LogP contribution in [0.4, 0.5) is 20.2 Å². The van der Waals surface area contributed by atoms with Gasteiger partial charge in [0, 0.05) is 24.4 Å². The third-order valence-corrected chi connectivity index (χ3v) is 3.09. The molecule has 0 atom stereocenters. The molecule has 0 saturated heterocycles.